The lowest BCUT2D eigenvalue weighted by Gasteiger charge is -2.18. The third-order valence-electron chi connectivity index (χ3n) is 9.19. The number of nitrogens with zero attached hydrogens (tertiary/aromatic N) is 2. The van der Waals surface area contributed by atoms with Crippen molar-refractivity contribution in [3.8, 4) is 0 Å². The summed E-state index contributed by atoms with van der Waals surface area (Å²) < 4.78 is 92.2. The van der Waals surface area contributed by atoms with Crippen LogP contribution < -0.4 is 31.9 Å². The molecule has 0 saturated carbocycles. The van der Waals surface area contributed by atoms with E-state index in [0.717, 1.165) is 22.6 Å². The van der Waals surface area contributed by atoms with E-state index < -0.39 is 70.2 Å². The molecule has 418 valence electrons. The minimum absolute atomic E-state index is 0.0208. The van der Waals surface area contributed by atoms with Crippen LogP contribution in [0.1, 0.15) is 79.1 Å². The van der Waals surface area contributed by atoms with Gasteiger partial charge in [-0.3, -0.25) is 53.0 Å². The van der Waals surface area contributed by atoms with E-state index in [1.165, 1.54) is 18.7 Å². The summed E-state index contributed by atoms with van der Waals surface area (Å²) in [6, 6.07) is 0. The topological polar surface area (TPSA) is 294 Å². The molecule has 0 aromatic carbocycles. The Kier molecular flexibility index (Phi) is 48.3. The maximum Gasteiger partial charge on any atom is 0.407 e. The zero-order valence-electron chi connectivity index (χ0n) is 40.1. The summed E-state index contributed by atoms with van der Waals surface area (Å²) in [5.41, 5.74) is 0. The first-order valence-electron chi connectivity index (χ1n) is 21.6. The van der Waals surface area contributed by atoms with E-state index in [-0.39, 0.29) is 121 Å². The van der Waals surface area contributed by atoms with E-state index in [9.17, 15) is 56.6 Å². The molecule has 2 aliphatic rings. The molecule has 33 heteroatoms. The lowest BCUT2D eigenvalue weighted by Crippen LogP contribution is -2.39. The fraction of sp³-hybridized carbons (Fsp3) is 0.718. The number of imide groups is 2. The minimum atomic E-state index is -1.08. The van der Waals surface area contributed by atoms with Gasteiger partial charge in [-0.1, -0.05) is 13.3 Å². The molecule has 0 radical (unpaired) electrons. The van der Waals surface area contributed by atoms with Crippen LogP contribution in [0.2, 0.25) is 0 Å². The summed E-state index contributed by atoms with van der Waals surface area (Å²) in [4.78, 5) is 133. The average molecular weight is 1100 g/mol. The van der Waals surface area contributed by atoms with Gasteiger partial charge in [0, 0.05) is 134 Å². The Morgan fingerprint density at radius 1 is 0.611 bits per heavy atom. The Hall–Kier alpha value is -5.60. The van der Waals surface area contributed by atoms with Gasteiger partial charge in [0.2, 0.25) is 47.3 Å². The second-order valence-electron chi connectivity index (χ2n) is 14.2. The molecule has 0 bridgehead atoms. The molecule has 0 spiro atoms. The summed E-state index contributed by atoms with van der Waals surface area (Å²) in [6.45, 7) is 8.55. The van der Waals surface area contributed by atoms with E-state index in [2.05, 4.69) is 38.8 Å². The van der Waals surface area contributed by atoms with Gasteiger partial charge in [-0.2, -0.15) is 15.6 Å². The van der Waals surface area contributed by atoms with Crippen LogP contribution in [0, 0.1) is 5.92 Å². The van der Waals surface area contributed by atoms with Crippen LogP contribution in [0.4, 0.5) is 50.1 Å². The molecule has 22 nitrogen and oxygen atoms in total. The van der Waals surface area contributed by atoms with E-state index in [1.54, 1.807) is 20.1 Å². The van der Waals surface area contributed by atoms with Gasteiger partial charge in [0.05, 0.1) is 23.8 Å². The predicted octanol–water partition coefficient (Wildman–Crippen LogP) is 3.48. The number of nitrogens with one attached hydrogen (secondary N) is 6. The Labute approximate surface area is 417 Å². The van der Waals surface area contributed by atoms with Crippen molar-refractivity contribution in [1.29, 1.82) is 0 Å². The Balaban J connectivity index is -0.000000690. The summed E-state index contributed by atoms with van der Waals surface area (Å²) in [5.74, 6) is -4.98. The Morgan fingerprint density at radius 2 is 0.986 bits per heavy atom. The lowest BCUT2D eigenvalue weighted by molar-refractivity contribution is -0.140. The molecule has 6 N–H and O–H groups in total. The van der Waals surface area contributed by atoms with Gasteiger partial charge < -0.3 is 46.1 Å². The number of hydrogen-bond donors (Lipinski definition) is 6. The third kappa shape index (κ3) is 33.9. The van der Waals surface area contributed by atoms with Crippen LogP contribution in [-0.4, -0.2) is 170 Å². The van der Waals surface area contributed by atoms with E-state index in [0.29, 0.717) is 19.7 Å². The number of amides is 10. The zero-order chi connectivity index (χ0) is 56.0. The monoisotopic (exact) mass is 1100 g/mol. The summed E-state index contributed by atoms with van der Waals surface area (Å²) in [7, 11) is 0. The fourth-order valence-electron chi connectivity index (χ4n) is 5.66. The van der Waals surface area contributed by atoms with Gasteiger partial charge in [-0.25, -0.2) is 9.59 Å². The van der Waals surface area contributed by atoms with Crippen molar-refractivity contribution in [1.82, 2.24) is 41.7 Å². The molecule has 72 heavy (non-hydrogen) atoms. The second kappa shape index (κ2) is 47.7. The summed E-state index contributed by atoms with van der Waals surface area (Å²) in [6.07, 6.45) is 1.29. The number of carbonyl (C=O) groups excluding carboxylic acids is 11. The van der Waals surface area contributed by atoms with Crippen molar-refractivity contribution in [3.63, 3.8) is 0 Å². The van der Waals surface area contributed by atoms with Crippen molar-refractivity contribution >= 4 is 89.1 Å². The van der Waals surface area contributed by atoms with Crippen LogP contribution in [-0.2, 0) is 57.4 Å². The maximum absolute atomic E-state index is 12.7. The number of rotatable bonds is 29. The average Bonchev–Trinajstić information content (AvgIpc) is 3.82. The molecule has 0 aliphatic carbocycles. The number of hydrogen-bond acceptors (Lipinski definition) is 16. The van der Waals surface area contributed by atoms with Crippen molar-refractivity contribution < 1.29 is 107 Å². The van der Waals surface area contributed by atoms with Crippen LogP contribution in [0.15, 0.2) is 0 Å². The standard InChI is InChI=1S/C26H37FN6O9S2.C13H26N2O5.4F2/c1-15(34)16(11-21(37)30-7-5-28-19(35)3-9-32-23(39)13-17(43-2)25(32)41)12-22(38)31-8-6-29-20(36)4-10-33-24(40)14-18(44-27)26(33)42;1-4-7-8-18-11(9-19-12(16)14-5-2)10-20-13(17)15-6-3;4*1-2/h16-18H,3-14H2,1-2H3,(H,28,35)(H,29,36)(H,30,37)(H,31,38);11H,4-10H2,1-3H3,(H,14,16)(H,15,17);;;;. The molecule has 2 fully saturated rings. The van der Waals surface area contributed by atoms with Gasteiger partial charge >= 0.3 is 12.2 Å². The lowest BCUT2D eigenvalue weighted by atomic mass is 9.96. The SMILES string of the molecule is CCCCOC(COC(=O)NCC)COC(=O)NCC.CSC1CC(=O)N(CCC(=O)NCCNC(=O)CC(CC(=O)NCCNC(=O)CCN2C(=O)CC(SF)C2=O)C(C)=O)C1=O.FF.FF.FF.FF. The van der Waals surface area contributed by atoms with Crippen molar-refractivity contribution in [2.75, 3.05) is 78.4 Å². The number of unbranched alkanes of at least 4 members (excludes halogenated alkanes) is 1. The highest BCUT2D eigenvalue weighted by Crippen LogP contribution is 2.26. The predicted molar refractivity (Wildman–Crippen MR) is 241 cm³/mol. The Bertz CT molecular complexity index is 1540. The van der Waals surface area contributed by atoms with Crippen LogP contribution in [0.5, 0.6) is 0 Å². The van der Waals surface area contributed by atoms with Crippen molar-refractivity contribution in [2.24, 2.45) is 5.92 Å². The number of carbonyl (C=O) groups is 11. The maximum atomic E-state index is 12.7. The largest absolute Gasteiger partial charge is 0.447 e. The van der Waals surface area contributed by atoms with E-state index in [1.807, 2.05) is 0 Å². The fourth-order valence-corrected chi connectivity index (χ4v) is 6.71. The number of alkyl carbamates (subject to hydrolysis) is 2. The normalized spacial score (nSPS) is 14.7. The van der Waals surface area contributed by atoms with Crippen molar-refractivity contribution in [3.05, 3.63) is 0 Å². The first-order valence-corrected chi connectivity index (χ1v) is 23.6. The van der Waals surface area contributed by atoms with Crippen LogP contribution >= 0.6 is 23.9 Å². The molecule has 3 unspecified atom stereocenters. The number of Topliss-reactive ketones (excluding diaryl/α,β-unsaturated/α-hetero) is 1. The third-order valence-corrected chi connectivity index (χ3v) is 10.7. The Morgan fingerprint density at radius 3 is 1.31 bits per heavy atom. The second-order valence-corrected chi connectivity index (χ2v) is 16.0. The van der Waals surface area contributed by atoms with E-state index in [4.69, 9.17) is 50.8 Å². The quantitative estimate of drug-likeness (QED) is 0.0355. The number of ether oxygens (including phenoxy) is 3. The molecule has 2 rings (SSSR count). The van der Waals surface area contributed by atoms with Gasteiger partial charge in [-0.15, -0.1) is 0 Å². The first kappa shape index (κ1) is 72.9. The number of halogens is 9. The molecule has 0 aromatic heterocycles. The van der Waals surface area contributed by atoms with E-state index >= 15 is 0 Å². The molecular weight excluding hydrogens is 1040 g/mol. The highest BCUT2D eigenvalue weighted by atomic mass is 32.2. The first-order chi connectivity index (χ1) is 34.5. The molecular formula is C39H63F9N8O14S2. The van der Waals surface area contributed by atoms with Crippen molar-refractivity contribution in [2.45, 2.75) is 95.7 Å². The molecule has 0 aromatic rings. The zero-order valence-corrected chi connectivity index (χ0v) is 41.7. The molecule has 2 aliphatic heterocycles. The van der Waals surface area contributed by atoms with Gasteiger partial charge in [0.1, 0.15) is 30.4 Å². The molecule has 3 atom stereocenters. The molecule has 2 saturated heterocycles. The highest BCUT2D eigenvalue weighted by molar-refractivity contribution is 8.00. The van der Waals surface area contributed by atoms with Gasteiger partial charge in [0.15, 0.2) is 0 Å². The number of thioether (sulfide) groups is 1. The van der Waals surface area contributed by atoms with Crippen LogP contribution in [0.25, 0.3) is 0 Å². The number of likely N-dealkylation sites (tertiary alicyclic amines) is 2. The number of ketones is 1. The highest BCUT2D eigenvalue weighted by Gasteiger charge is 2.40. The van der Waals surface area contributed by atoms with Crippen LogP contribution in [0.3, 0.4) is 0 Å². The molecule has 10 amide bonds. The van der Waals surface area contributed by atoms with Gasteiger partial charge in [-0.05, 0) is 33.4 Å². The van der Waals surface area contributed by atoms with Gasteiger partial charge in [0.25, 0.3) is 0 Å². The smallest absolute Gasteiger partial charge is 0.407 e. The summed E-state index contributed by atoms with van der Waals surface area (Å²) >= 11 is 1.08. The minimum Gasteiger partial charge on any atom is -0.447 e. The molecule has 2 heterocycles. The summed E-state index contributed by atoms with van der Waals surface area (Å²) in [5, 5.41) is 13.7.